The second-order valence-electron chi connectivity index (χ2n) is 6.14. The Morgan fingerprint density at radius 3 is 2.86 bits per heavy atom. The summed E-state index contributed by atoms with van der Waals surface area (Å²) in [7, 11) is 1.67. The van der Waals surface area contributed by atoms with Gasteiger partial charge in [-0.1, -0.05) is 11.6 Å². The lowest BCUT2D eigenvalue weighted by Crippen LogP contribution is -2.38. The van der Waals surface area contributed by atoms with Crippen LogP contribution in [0, 0.1) is 11.3 Å². The first-order chi connectivity index (χ1) is 10.5. The molecule has 1 amide bonds. The van der Waals surface area contributed by atoms with Crippen LogP contribution in [0.2, 0.25) is 5.02 Å². The van der Waals surface area contributed by atoms with E-state index >= 15 is 0 Å². The molecule has 2 fully saturated rings. The van der Waals surface area contributed by atoms with E-state index in [0.29, 0.717) is 24.4 Å². The smallest absolute Gasteiger partial charge is 0.407 e. The average molecular weight is 342 g/mol. The van der Waals surface area contributed by atoms with Gasteiger partial charge in [0.2, 0.25) is 0 Å². The third kappa shape index (κ3) is 3.15. The molecule has 1 aromatic rings. The van der Waals surface area contributed by atoms with Crippen molar-refractivity contribution in [2.45, 2.75) is 24.2 Å². The second kappa shape index (κ2) is 6.20. The van der Waals surface area contributed by atoms with Crippen LogP contribution in [0.5, 0.6) is 5.75 Å². The zero-order valence-electron chi connectivity index (χ0n) is 12.5. The predicted molar refractivity (Wildman–Crippen MR) is 88.1 cm³/mol. The zero-order chi connectivity index (χ0) is 15.7. The molecule has 1 saturated heterocycles. The van der Waals surface area contributed by atoms with Crippen molar-refractivity contribution < 1.29 is 14.6 Å². The van der Waals surface area contributed by atoms with Crippen molar-refractivity contribution >= 4 is 29.5 Å². The maximum absolute atomic E-state index is 11.0. The van der Waals surface area contributed by atoms with Crippen molar-refractivity contribution in [1.29, 1.82) is 0 Å². The number of benzene rings is 1. The van der Waals surface area contributed by atoms with E-state index in [1.807, 2.05) is 18.2 Å². The van der Waals surface area contributed by atoms with Gasteiger partial charge in [0.15, 0.2) is 0 Å². The maximum Gasteiger partial charge on any atom is 0.407 e. The standard InChI is InChI=1S/C16H20ClNO3S/c1-21-13-3-2-12(17)8-14(13)22-10-11-9-16(11)4-6-18(7-5-16)15(19)20/h2-3,8,11H,4-7,9-10H2,1H3,(H,19,20)/t11-/m0/s1. The molecule has 1 saturated carbocycles. The second-order valence-corrected chi connectivity index (χ2v) is 7.64. The fourth-order valence-corrected chi connectivity index (χ4v) is 4.97. The van der Waals surface area contributed by atoms with E-state index in [1.54, 1.807) is 18.9 Å². The molecule has 2 aliphatic rings. The highest BCUT2D eigenvalue weighted by atomic mass is 35.5. The molecule has 1 atom stereocenters. The van der Waals surface area contributed by atoms with Crippen LogP contribution < -0.4 is 4.74 Å². The minimum Gasteiger partial charge on any atom is -0.496 e. The molecule has 3 rings (SSSR count). The number of piperidine rings is 1. The molecule has 1 aliphatic carbocycles. The summed E-state index contributed by atoms with van der Waals surface area (Å²) >= 11 is 7.85. The van der Waals surface area contributed by atoms with Crippen molar-refractivity contribution in [3.05, 3.63) is 23.2 Å². The Balaban J connectivity index is 1.54. The summed E-state index contributed by atoms with van der Waals surface area (Å²) in [6.45, 7) is 1.36. The van der Waals surface area contributed by atoms with Crippen molar-refractivity contribution in [3.63, 3.8) is 0 Å². The molecule has 0 bridgehead atoms. The van der Waals surface area contributed by atoms with E-state index in [4.69, 9.17) is 21.4 Å². The summed E-state index contributed by atoms with van der Waals surface area (Å²) in [5.74, 6) is 2.59. The van der Waals surface area contributed by atoms with Crippen LogP contribution in [-0.4, -0.2) is 42.1 Å². The molecule has 0 unspecified atom stereocenters. The van der Waals surface area contributed by atoms with Gasteiger partial charge in [0.25, 0.3) is 0 Å². The Morgan fingerprint density at radius 2 is 2.23 bits per heavy atom. The normalized spacial score (nSPS) is 22.6. The topological polar surface area (TPSA) is 49.8 Å². The highest BCUT2D eigenvalue weighted by molar-refractivity contribution is 7.99. The van der Waals surface area contributed by atoms with E-state index in [-0.39, 0.29) is 0 Å². The average Bonchev–Trinajstić information content (AvgIpc) is 3.18. The largest absolute Gasteiger partial charge is 0.496 e. The third-order valence-corrected chi connectivity index (χ3v) is 6.39. The lowest BCUT2D eigenvalue weighted by molar-refractivity contribution is 0.118. The summed E-state index contributed by atoms with van der Waals surface area (Å²) in [5, 5.41) is 9.75. The Hall–Kier alpha value is -1.07. The molecule has 1 aromatic carbocycles. The number of rotatable bonds is 4. The van der Waals surface area contributed by atoms with E-state index in [1.165, 1.54) is 11.3 Å². The number of amides is 1. The number of hydrogen-bond donors (Lipinski definition) is 1. The van der Waals surface area contributed by atoms with Gasteiger partial charge in [-0.2, -0.15) is 0 Å². The Labute approximate surface area is 139 Å². The number of halogens is 1. The van der Waals surface area contributed by atoms with Crippen LogP contribution in [0.3, 0.4) is 0 Å². The molecule has 0 aromatic heterocycles. The van der Waals surface area contributed by atoms with Crippen LogP contribution in [0.15, 0.2) is 23.1 Å². The van der Waals surface area contributed by atoms with E-state index in [9.17, 15) is 4.79 Å². The zero-order valence-corrected chi connectivity index (χ0v) is 14.1. The molecule has 4 nitrogen and oxygen atoms in total. The van der Waals surface area contributed by atoms with Gasteiger partial charge in [-0.3, -0.25) is 0 Å². The van der Waals surface area contributed by atoms with Gasteiger partial charge in [-0.05, 0) is 48.8 Å². The molecule has 6 heteroatoms. The van der Waals surface area contributed by atoms with E-state index in [2.05, 4.69) is 0 Å². The van der Waals surface area contributed by atoms with Gasteiger partial charge < -0.3 is 14.7 Å². The summed E-state index contributed by atoms with van der Waals surface area (Å²) in [6.07, 6.45) is 2.43. The van der Waals surface area contributed by atoms with Crippen LogP contribution in [0.25, 0.3) is 0 Å². The predicted octanol–water partition coefficient (Wildman–Crippen LogP) is 4.22. The van der Waals surface area contributed by atoms with Gasteiger partial charge in [0, 0.05) is 23.9 Å². The van der Waals surface area contributed by atoms with Gasteiger partial charge in [0.1, 0.15) is 5.75 Å². The van der Waals surface area contributed by atoms with Gasteiger partial charge in [-0.25, -0.2) is 4.79 Å². The number of thioether (sulfide) groups is 1. The molecule has 22 heavy (non-hydrogen) atoms. The fourth-order valence-electron chi connectivity index (χ4n) is 3.38. The third-order valence-electron chi connectivity index (χ3n) is 4.95. The quantitative estimate of drug-likeness (QED) is 0.833. The van der Waals surface area contributed by atoms with Crippen molar-refractivity contribution in [2.24, 2.45) is 11.3 Å². The molecule has 0 radical (unpaired) electrons. The summed E-state index contributed by atoms with van der Waals surface area (Å²) in [4.78, 5) is 13.6. The summed E-state index contributed by atoms with van der Waals surface area (Å²) in [5.41, 5.74) is 0.380. The molecule has 1 aliphatic heterocycles. The van der Waals surface area contributed by atoms with Crippen LogP contribution in [0.4, 0.5) is 4.79 Å². The number of nitrogens with zero attached hydrogens (tertiary/aromatic N) is 1. The fraction of sp³-hybridized carbons (Fsp3) is 0.562. The number of ether oxygens (including phenoxy) is 1. The van der Waals surface area contributed by atoms with Gasteiger partial charge in [-0.15, -0.1) is 11.8 Å². The molecule has 1 heterocycles. The minimum atomic E-state index is -0.787. The molecular weight excluding hydrogens is 322 g/mol. The van der Waals surface area contributed by atoms with Crippen molar-refractivity contribution in [3.8, 4) is 5.75 Å². The summed E-state index contributed by atoms with van der Waals surface area (Å²) < 4.78 is 5.38. The summed E-state index contributed by atoms with van der Waals surface area (Å²) in [6, 6.07) is 5.69. The maximum atomic E-state index is 11.0. The Bertz CT molecular complexity index is 573. The van der Waals surface area contributed by atoms with Crippen molar-refractivity contribution in [2.75, 3.05) is 26.0 Å². The monoisotopic (exact) mass is 341 g/mol. The number of methoxy groups -OCH3 is 1. The first-order valence-electron chi connectivity index (χ1n) is 7.48. The lowest BCUT2D eigenvalue weighted by Gasteiger charge is -2.31. The number of likely N-dealkylation sites (tertiary alicyclic amines) is 1. The van der Waals surface area contributed by atoms with Crippen LogP contribution in [0.1, 0.15) is 19.3 Å². The Morgan fingerprint density at radius 1 is 1.50 bits per heavy atom. The van der Waals surface area contributed by atoms with E-state index < -0.39 is 6.09 Å². The Kier molecular flexibility index (Phi) is 4.46. The van der Waals surface area contributed by atoms with E-state index in [0.717, 1.165) is 34.3 Å². The van der Waals surface area contributed by atoms with Crippen LogP contribution in [-0.2, 0) is 0 Å². The first kappa shape index (κ1) is 15.8. The number of carboxylic acid groups (broad SMARTS) is 1. The molecular formula is C16H20ClNO3S. The highest BCUT2D eigenvalue weighted by Gasteiger charge is 2.54. The molecule has 1 N–H and O–H groups in total. The lowest BCUT2D eigenvalue weighted by atomic mass is 9.91. The van der Waals surface area contributed by atoms with Gasteiger partial charge in [0.05, 0.1) is 12.0 Å². The van der Waals surface area contributed by atoms with Crippen molar-refractivity contribution in [1.82, 2.24) is 4.90 Å². The minimum absolute atomic E-state index is 0.380. The SMILES string of the molecule is COc1ccc(Cl)cc1SC[C@@H]1CC12CCN(C(=O)O)CC2. The highest BCUT2D eigenvalue weighted by Crippen LogP contribution is 2.60. The number of carbonyl (C=O) groups is 1. The first-order valence-corrected chi connectivity index (χ1v) is 8.85. The number of hydrogen-bond acceptors (Lipinski definition) is 3. The van der Waals surface area contributed by atoms with Gasteiger partial charge >= 0.3 is 6.09 Å². The molecule has 1 spiro atoms. The van der Waals surface area contributed by atoms with Crippen LogP contribution >= 0.6 is 23.4 Å². The molecule has 120 valence electrons.